The van der Waals surface area contributed by atoms with Crippen LogP contribution >= 0.6 is 11.3 Å². The number of anilines is 2. The molecule has 0 saturated carbocycles. The number of sulfonamides is 1. The number of hydrogen-bond donors (Lipinski definition) is 2. The van der Waals surface area contributed by atoms with Crippen molar-refractivity contribution in [2.75, 3.05) is 23.8 Å². The number of benzene rings is 2. The third-order valence-electron chi connectivity index (χ3n) is 4.36. The summed E-state index contributed by atoms with van der Waals surface area (Å²) in [6.45, 7) is 0. The van der Waals surface area contributed by atoms with Gasteiger partial charge >= 0.3 is 0 Å². The molecular weight excluding hydrogens is 426 g/mol. The monoisotopic (exact) mass is 445 g/mol. The summed E-state index contributed by atoms with van der Waals surface area (Å²) in [7, 11) is -0.984. The molecule has 0 unspecified atom stereocenters. The average Bonchev–Trinajstić information content (AvgIpc) is 3.21. The number of primary amides is 1. The molecule has 3 N–H and O–H groups in total. The number of carbonyl (C=O) groups is 2. The fourth-order valence-electron chi connectivity index (χ4n) is 2.73. The van der Waals surface area contributed by atoms with Crippen molar-refractivity contribution in [3.8, 4) is 5.75 Å². The van der Waals surface area contributed by atoms with E-state index in [0.717, 1.165) is 4.31 Å². The molecule has 0 aliphatic carbocycles. The van der Waals surface area contributed by atoms with E-state index in [0.29, 0.717) is 16.4 Å². The third kappa shape index (κ3) is 4.14. The number of nitrogens with one attached hydrogen (secondary N) is 1. The van der Waals surface area contributed by atoms with Crippen LogP contribution in [0.15, 0.2) is 64.9 Å². The number of para-hydroxylation sites is 2. The van der Waals surface area contributed by atoms with Crippen LogP contribution in [0.25, 0.3) is 0 Å². The summed E-state index contributed by atoms with van der Waals surface area (Å²) >= 11 is 1.17. The number of carbonyl (C=O) groups excluding carboxylic acids is 2. The van der Waals surface area contributed by atoms with Crippen LogP contribution in [0, 0.1) is 0 Å². The van der Waals surface area contributed by atoms with Gasteiger partial charge in [0, 0.05) is 12.6 Å². The molecule has 0 spiro atoms. The molecule has 0 bridgehead atoms. The molecular formula is C20H19N3O5S2. The van der Waals surface area contributed by atoms with E-state index in [1.165, 1.54) is 55.8 Å². The van der Waals surface area contributed by atoms with Crippen LogP contribution in [-0.2, 0) is 10.0 Å². The molecule has 0 saturated heterocycles. The van der Waals surface area contributed by atoms with E-state index >= 15 is 0 Å². The maximum Gasteiger partial charge on any atom is 0.264 e. The average molecular weight is 446 g/mol. The highest BCUT2D eigenvalue weighted by molar-refractivity contribution is 7.92. The van der Waals surface area contributed by atoms with Crippen LogP contribution in [0.4, 0.5) is 10.7 Å². The van der Waals surface area contributed by atoms with Crippen LogP contribution in [0.3, 0.4) is 0 Å². The van der Waals surface area contributed by atoms with Crippen LogP contribution < -0.4 is 20.1 Å². The number of thiophene rings is 1. The highest BCUT2D eigenvalue weighted by atomic mass is 32.2. The summed E-state index contributed by atoms with van der Waals surface area (Å²) < 4.78 is 32.3. The lowest BCUT2D eigenvalue weighted by Gasteiger charge is -2.21. The minimum atomic E-state index is -3.87. The van der Waals surface area contributed by atoms with Crippen LogP contribution in [0.1, 0.15) is 20.7 Å². The van der Waals surface area contributed by atoms with Crippen LogP contribution in [0.2, 0.25) is 0 Å². The van der Waals surface area contributed by atoms with Gasteiger partial charge < -0.3 is 15.8 Å². The van der Waals surface area contributed by atoms with Gasteiger partial charge in [-0.1, -0.05) is 12.1 Å². The quantitative estimate of drug-likeness (QED) is 0.580. The maximum atomic E-state index is 13.0. The van der Waals surface area contributed by atoms with E-state index in [4.69, 9.17) is 10.5 Å². The number of nitrogens with zero attached hydrogens (tertiary/aromatic N) is 1. The van der Waals surface area contributed by atoms with Crippen molar-refractivity contribution >= 4 is 43.9 Å². The molecule has 0 aliphatic rings. The van der Waals surface area contributed by atoms with Crippen molar-refractivity contribution in [2.24, 2.45) is 5.73 Å². The van der Waals surface area contributed by atoms with Crippen LogP contribution in [-0.4, -0.2) is 34.4 Å². The van der Waals surface area contributed by atoms with Gasteiger partial charge in [0.2, 0.25) is 0 Å². The van der Waals surface area contributed by atoms with E-state index in [1.807, 2.05) is 0 Å². The molecule has 0 radical (unpaired) electrons. The van der Waals surface area contributed by atoms with Gasteiger partial charge in [-0.25, -0.2) is 8.42 Å². The van der Waals surface area contributed by atoms with E-state index in [2.05, 4.69) is 5.32 Å². The molecule has 3 rings (SSSR count). The molecule has 0 aliphatic heterocycles. The smallest absolute Gasteiger partial charge is 0.264 e. The predicted molar refractivity (Wildman–Crippen MR) is 116 cm³/mol. The summed E-state index contributed by atoms with van der Waals surface area (Å²) in [4.78, 5) is 23.8. The van der Waals surface area contributed by atoms with Gasteiger partial charge in [0.15, 0.2) is 0 Å². The molecule has 0 fully saturated rings. The van der Waals surface area contributed by atoms with E-state index in [1.54, 1.807) is 29.6 Å². The van der Waals surface area contributed by atoms with Gasteiger partial charge in [0.25, 0.3) is 21.8 Å². The first-order chi connectivity index (χ1) is 14.3. The highest BCUT2D eigenvalue weighted by Gasteiger charge is 2.24. The van der Waals surface area contributed by atoms with Crippen molar-refractivity contribution in [3.05, 3.63) is 71.1 Å². The number of ether oxygens (including phenoxy) is 1. The Bertz CT molecular complexity index is 1190. The number of nitrogens with two attached hydrogens (primary N) is 1. The first-order valence-corrected chi connectivity index (χ1v) is 11.0. The van der Waals surface area contributed by atoms with Crippen molar-refractivity contribution in [1.82, 2.24) is 0 Å². The minimum absolute atomic E-state index is 0.0152. The second-order valence-corrected chi connectivity index (χ2v) is 9.04. The van der Waals surface area contributed by atoms with Gasteiger partial charge in [-0.05, 0) is 47.8 Å². The fraction of sp³-hybridized carbons (Fsp3) is 0.100. The Labute approximate surface area is 177 Å². The Kier molecular flexibility index (Phi) is 6.09. The number of rotatable bonds is 7. The molecule has 0 atom stereocenters. The summed E-state index contributed by atoms with van der Waals surface area (Å²) in [6.07, 6.45) is 0. The number of hydrogen-bond acceptors (Lipinski definition) is 6. The summed E-state index contributed by atoms with van der Waals surface area (Å²) in [5.41, 5.74) is 6.11. The maximum absolute atomic E-state index is 13.0. The first kappa shape index (κ1) is 21.3. The fourth-order valence-corrected chi connectivity index (χ4v) is 4.72. The van der Waals surface area contributed by atoms with Gasteiger partial charge in [0.1, 0.15) is 10.8 Å². The van der Waals surface area contributed by atoms with E-state index in [-0.39, 0.29) is 16.0 Å². The van der Waals surface area contributed by atoms with E-state index in [9.17, 15) is 18.0 Å². The Morgan fingerprint density at radius 2 is 1.73 bits per heavy atom. The zero-order chi connectivity index (χ0) is 21.9. The topological polar surface area (TPSA) is 119 Å². The van der Waals surface area contributed by atoms with Crippen LogP contribution in [0.5, 0.6) is 5.75 Å². The lowest BCUT2D eigenvalue weighted by atomic mass is 10.2. The van der Waals surface area contributed by atoms with Crippen molar-refractivity contribution in [1.29, 1.82) is 0 Å². The predicted octanol–water partition coefficient (Wildman–Crippen LogP) is 2.93. The standard InChI is InChI=1S/C20H19N3O5S2/c1-23(16-5-3-4-6-17(16)28-2)30(26,27)14-9-7-13(8-10-14)19(25)22-20-15(18(21)24)11-12-29-20/h3-12H,1-2H3,(H2,21,24)(H,22,25). The molecule has 1 heterocycles. The second-order valence-electron chi connectivity index (χ2n) is 6.15. The van der Waals surface area contributed by atoms with E-state index < -0.39 is 21.8 Å². The molecule has 2 aromatic carbocycles. The van der Waals surface area contributed by atoms with Gasteiger partial charge in [-0.2, -0.15) is 0 Å². The highest BCUT2D eigenvalue weighted by Crippen LogP contribution is 2.31. The lowest BCUT2D eigenvalue weighted by molar-refractivity contribution is 0.100. The van der Waals surface area contributed by atoms with Crippen molar-refractivity contribution in [2.45, 2.75) is 4.90 Å². The molecule has 8 nitrogen and oxygen atoms in total. The Morgan fingerprint density at radius 3 is 2.37 bits per heavy atom. The summed E-state index contributed by atoms with van der Waals surface area (Å²) in [6, 6.07) is 13.8. The second kappa shape index (κ2) is 8.56. The van der Waals surface area contributed by atoms with Crippen molar-refractivity contribution in [3.63, 3.8) is 0 Å². The van der Waals surface area contributed by atoms with Gasteiger partial charge in [0.05, 0.1) is 23.3 Å². The van der Waals surface area contributed by atoms with Crippen molar-refractivity contribution < 1.29 is 22.7 Å². The molecule has 156 valence electrons. The molecule has 30 heavy (non-hydrogen) atoms. The normalized spacial score (nSPS) is 11.0. The number of methoxy groups -OCH3 is 1. The minimum Gasteiger partial charge on any atom is -0.495 e. The summed E-state index contributed by atoms with van der Waals surface area (Å²) in [5.74, 6) is -0.713. The SMILES string of the molecule is COc1ccccc1N(C)S(=O)(=O)c1ccc(C(=O)Nc2sccc2C(N)=O)cc1. The molecule has 3 aromatic rings. The first-order valence-electron chi connectivity index (χ1n) is 8.66. The number of amides is 2. The van der Waals surface area contributed by atoms with Gasteiger partial charge in [-0.3, -0.25) is 13.9 Å². The third-order valence-corrected chi connectivity index (χ3v) is 6.97. The molecule has 10 heteroatoms. The zero-order valence-electron chi connectivity index (χ0n) is 16.2. The summed E-state index contributed by atoms with van der Waals surface area (Å²) in [5, 5.41) is 4.58. The Balaban J connectivity index is 1.83. The van der Waals surface area contributed by atoms with Gasteiger partial charge in [-0.15, -0.1) is 11.3 Å². The lowest BCUT2D eigenvalue weighted by Crippen LogP contribution is -2.27. The molecule has 2 amide bonds. The molecule has 1 aromatic heterocycles. The zero-order valence-corrected chi connectivity index (χ0v) is 17.8. The largest absolute Gasteiger partial charge is 0.495 e. The Hall–Kier alpha value is -3.37. The Morgan fingerprint density at radius 1 is 1.07 bits per heavy atom.